The van der Waals surface area contributed by atoms with Crippen molar-refractivity contribution in [2.45, 2.75) is 0 Å². The Balaban J connectivity index is 3.27. The van der Waals surface area contributed by atoms with Gasteiger partial charge in [-0.2, -0.15) is 4.99 Å². The fraction of sp³-hybridized carbons (Fsp3) is 0.250. The average molecular weight is 118 g/mol. The van der Waals surface area contributed by atoms with Crippen LogP contribution >= 0.6 is 11.6 Å². The number of halogens is 1. The molecule has 0 aromatic heterocycles. The molecule has 0 spiro atoms. The van der Waals surface area contributed by atoms with Crippen molar-refractivity contribution in [3.63, 3.8) is 0 Å². The Hall–Kier alpha value is -0.590. The summed E-state index contributed by atoms with van der Waals surface area (Å²) in [7, 11) is 0. The number of nitrogens with zero attached hydrogens (tertiary/aromatic N) is 1. The quantitative estimate of drug-likeness (QED) is 0.302. The fourth-order valence-corrected chi connectivity index (χ4v) is 0.203. The highest BCUT2D eigenvalue weighted by Crippen LogP contribution is 1.75. The largest absolute Gasteiger partial charge is 0.239 e. The van der Waals surface area contributed by atoms with Crippen LogP contribution in [-0.4, -0.2) is 12.0 Å². The van der Waals surface area contributed by atoms with Gasteiger partial charge < -0.3 is 0 Å². The Kier molecular flexibility index (Phi) is 4.95. The van der Waals surface area contributed by atoms with Gasteiger partial charge in [0, 0.05) is 12.1 Å². The highest BCUT2D eigenvalue weighted by atomic mass is 35.5. The molecule has 0 unspecified atom stereocenters. The molecule has 0 rings (SSSR count). The molecule has 38 valence electrons. The van der Waals surface area contributed by atoms with Gasteiger partial charge in [0.05, 0.1) is 0 Å². The van der Waals surface area contributed by atoms with E-state index in [4.69, 9.17) is 11.6 Å². The van der Waals surface area contributed by atoms with Gasteiger partial charge in [-0.1, -0.05) is 6.08 Å². The molecule has 0 saturated carbocycles. The number of isocyanates is 1. The molecule has 0 radical (unpaired) electrons. The number of rotatable bonds is 2. The molecular formula is C4H4ClNO. The first-order valence-electron chi connectivity index (χ1n) is 1.69. The van der Waals surface area contributed by atoms with E-state index >= 15 is 0 Å². The molecule has 0 N–H and O–H groups in total. The molecule has 0 saturated heterocycles. The summed E-state index contributed by atoms with van der Waals surface area (Å²) in [6.07, 6.45) is 4.19. The van der Waals surface area contributed by atoms with Gasteiger partial charge in [-0.05, 0) is 0 Å². The highest BCUT2D eigenvalue weighted by Gasteiger charge is 1.60. The van der Waals surface area contributed by atoms with Gasteiger partial charge in [0.2, 0.25) is 6.08 Å². The fourth-order valence-electron chi connectivity index (χ4n) is 0.123. The summed E-state index contributed by atoms with van der Waals surface area (Å²) < 4.78 is 0. The van der Waals surface area contributed by atoms with Crippen molar-refractivity contribution in [2.75, 3.05) is 5.88 Å². The molecule has 0 amide bonds. The van der Waals surface area contributed by atoms with E-state index in [9.17, 15) is 4.79 Å². The van der Waals surface area contributed by atoms with Crippen LogP contribution < -0.4 is 0 Å². The zero-order valence-electron chi connectivity index (χ0n) is 3.60. The molecule has 2 nitrogen and oxygen atoms in total. The van der Waals surface area contributed by atoms with Crippen molar-refractivity contribution in [1.82, 2.24) is 0 Å². The number of hydrogen-bond acceptors (Lipinski definition) is 2. The molecule has 0 aromatic carbocycles. The van der Waals surface area contributed by atoms with E-state index in [0.29, 0.717) is 5.88 Å². The van der Waals surface area contributed by atoms with E-state index in [1.165, 1.54) is 12.3 Å². The third kappa shape index (κ3) is 5.41. The maximum atomic E-state index is 9.29. The zero-order chi connectivity index (χ0) is 5.54. The molecule has 0 atom stereocenters. The van der Waals surface area contributed by atoms with E-state index in [0.717, 1.165) is 0 Å². The maximum Gasteiger partial charge on any atom is 0.239 e. The van der Waals surface area contributed by atoms with Crippen LogP contribution in [0.3, 0.4) is 0 Å². The summed E-state index contributed by atoms with van der Waals surface area (Å²) in [6.45, 7) is 0. The van der Waals surface area contributed by atoms with Gasteiger partial charge in [0.25, 0.3) is 0 Å². The van der Waals surface area contributed by atoms with Crippen molar-refractivity contribution in [2.24, 2.45) is 4.99 Å². The lowest BCUT2D eigenvalue weighted by Gasteiger charge is -1.64. The Bertz CT molecular complexity index is 104. The van der Waals surface area contributed by atoms with Crippen molar-refractivity contribution < 1.29 is 4.79 Å². The Labute approximate surface area is 46.5 Å². The van der Waals surface area contributed by atoms with Crippen molar-refractivity contribution in [1.29, 1.82) is 0 Å². The lowest BCUT2D eigenvalue weighted by atomic mass is 10.7. The third-order valence-corrected chi connectivity index (χ3v) is 0.500. The third-order valence-electron chi connectivity index (χ3n) is 0.322. The first-order chi connectivity index (χ1) is 3.41. The minimum atomic E-state index is 0.380. The normalized spacial score (nSPS) is 8.71. The number of hydrogen-bond donors (Lipinski definition) is 0. The molecule has 3 heteroatoms. The van der Waals surface area contributed by atoms with E-state index in [1.807, 2.05) is 0 Å². The standard InChI is InChI=1S/C4H4ClNO/c5-2-1-3-6-4-7/h1,3H,2H2. The zero-order valence-corrected chi connectivity index (χ0v) is 4.35. The number of alkyl halides is 1. The first kappa shape index (κ1) is 6.41. The predicted octanol–water partition coefficient (Wildman–Crippen LogP) is 1.07. The number of carbonyl (C=O) groups excluding carboxylic acids is 1. The smallest absolute Gasteiger partial charge is 0.211 e. The van der Waals surface area contributed by atoms with Gasteiger partial charge >= 0.3 is 0 Å². The lowest BCUT2D eigenvalue weighted by molar-refractivity contribution is 0.565. The molecule has 0 aromatic rings. The molecule has 0 aliphatic rings. The second kappa shape index (κ2) is 5.41. The van der Waals surface area contributed by atoms with Gasteiger partial charge in [-0.3, -0.25) is 0 Å². The molecular weight excluding hydrogens is 114 g/mol. The molecule has 0 heterocycles. The summed E-state index contributed by atoms with van der Waals surface area (Å²) in [5.41, 5.74) is 0. The molecule has 0 bridgehead atoms. The van der Waals surface area contributed by atoms with Crippen LogP contribution in [0, 0.1) is 0 Å². The van der Waals surface area contributed by atoms with Crippen LogP contribution in [0.1, 0.15) is 0 Å². The van der Waals surface area contributed by atoms with E-state index in [-0.39, 0.29) is 0 Å². The lowest BCUT2D eigenvalue weighted by Crippen LogP contribution is -1.55. The van der Waals surface area contributed by atoms with Gasteiger partial charge in [-0.15, -0.1) is 11.6 Å². The van der Waals surface area contributed by atoms with Crippen LogP contribution in [-0.2, 0) is 4.79 Å². The van der Waals surface area contributed by atoms with Gasteiger partial charge in [0.15, 0.2) is 0 Å². The van der Waals surface area contributed by atoms with Crippen LogP contribution in [0.4, 0.5) is 0 Å². The Morgan fingerprint density at radius 3 is 3.00 bits per heavy atom. The molecule has 7 heavy (non-hydrogen) atoms. The number of aliphatic imine (C=N–C) groups is 1. The average Bonchev–Trinajstić information content (AvgIpc) is 1.69. The second-order valence-electron chi connectivity index (χ2n) is 0.759. The minimum absolute atomic E-state index is 0.380. The Morgan fingerprint density at radius 1 is 1.86 bits per heavy atom. The molecule has 0 aliphatic heterocycles. The van der Waals surface area contributed by atoms with E-state index in [1.54, 1.807) is 6.08 Å². The summed E-state index contributed by atoms with van der Waals surface area (Å²) in [5, 5.41) is 0. The Morgan fingerprint density at radius 2 is 2.57 bits per heavy atom. The van der Waals surface area contributed by atoms with Crippen molar-refractivity contribution in [3.05, 3.63) is 12.3 Å². The number of allylic oxidation sites excluding steroid dienone is 1. The van der Waals surface area contributed by atoms with E-state index < -0.39 is 0 Å². The van der Waals surface area contributed by atoms with Crippen LogP contribution in [0.2, 0.25) is 0 Å². The van der Waals surface area contributed by atoms with Gasteiger partial charge in [0.1, 0.15) is 0 Å². The maximum absolute atomic E-state index is 9.29. The summed E-state index contributed by atoms with van der Waals surface area (Å²) in [5.74, 6) is 0.380. The molecule has 0 fully saturated rings. The SMILES string of the molecule is O=C=NC=CCCl. The second-order valence-corrected chi connectivity index (χ2v) is 1.07. The van der Waals surface area contributed by atoms with E-state index in [2.05, 4.69) is 4.99 Å². The van der Waals surface area contributed by atoms with Crippen molar-refractivity contribution >= 4 is 17.7 Å². The summed E-state index contributed by atoms with van der Waals surface area (Å²) >= 11 is 5.16. The minimum Gasteiger partial charge on any atom is -0.211 e. The van der Waals surface area contributed by atoms with Gasteiger partial charge in [-0.25, -0.2) is 4.79 Å². The van der Waals surface area contributed by atoms with Crippen LogP contribution in [0.25, 0.3) is 0 Å². The topological polar surface area (TPSA) is 29.4 Å². The first-order valence-corrected chi connectivity index (χ1v) is 2.23. The molecule has 0 aliphatic carbocycles. The van der Waals surface area contributed by atoms with Crippen LogP contribution in [0.15, 0.2) is 17.3 Å². The highest BCUT2D eigenvalue weighted by molar-refractivity contribution is 6.18. The van der Waals surface area contributed by atoms with Crippen molar-refractivity contribution in [3.8, 4) is 0 Å². The predicted molar refractivity (Wildman–Crippen MR) is 28.0 cm³/mol. The summed E-state index contributed by atoms with van der Waals surface area (Å²) in [6, 6.07) is 0. The van der Waals surface area contributed by atoms with Crippen LogP contribution in [0.5, 0.6) is 0 Å². The monoisotopic (exact) mass is 117 g/mol. The summed E-state index contributed by atoms with van der Waals surface area (Å²) in [4.78, 5) is 12.4.